The normalized spacial score (nSPS) is 18.1. The predicted molar refractivity (Wildman–Crippen MR) is 70.7 cm³/mol. The quantitative estimate of drug-likeness (QED) is 0.796. The van der Waals surface area contributed by atoms with Gasteiger partial charge in [-0.1, -0.05) is 0 Å². The smallest absolute Gasteiger partial charge is 0.408 e. The minimum absolute atomic E-state index is 0.0793. The zero-order valence-corrected chi connectivity index (χ0v) is 11.9. The van der Waals surface area contributed by atoms with Crippen molar-refractivity contribution in [3.8, 4) is 0 Å². The zero-order valence-electron chi connectivity index (χ0n) is 11.9. The van der Waals surface area contributed by atoms with E-state index < -0.39 is 17.7 Å². The molecule has 1 atom stereocenters. The van der Waals surface area contributed by atoms with Crippen LogP contribution in [0.4, 0.5) is 4.79 Å². The van der Waals surface area contributed by atoms with Crippen LogP contribution in [0.3, 0.4) is 0 Å². The molecule has 0 spiro atoms. The summed E-state index contributed by atoms with van der Waals surface area (Å²) in [5, 5.41) is 11.9. The number of nitrogens with zero attached hydrogens (tertiary/aromatic N) is 1. The van der Waals surface area contributed by atoms with Crippen LogP contribution in [0.15, 0.2) is 0 Å². The summed E-state index contributed by atoms with van der Waals surface area (Å²) in [6.07, 6.45) is 1.86. The fourth-order valence-electron chi connectivity index (χ4n) is 1.94. The van der Waals surface area contributed by atoms with Gasteiger partial charge < -0.3 is 20.1 Å². The van der Waals surface area contributed by atoms with Crippen LogP contribution >= 0.6 is 0 Å². The lowest BCUT2D eigenvalue weighted by Gasteiger charge is -2.30. The largest absolute Gasteiger partial charge is 0.444 e. The molecule has 0 saturated carbocycles. The molecule has 0 aromatic heterocycles. The number of hydrogen-bond donors (Lipinski definition) is 2. The topological polar surface area (TPSA) is 78.9 Å². The molecular weight excluding hydrogens is 248 g/mol. The second-order valence-electron chi connectivity index (χ2n) is 5.82. The third-order valence-electron chi connectivity index (χ3n) is 2.80. The van der Waals surface area contributed by atoms with Crippen LogP contribution in [-0.4, -0.2) is 53.3 Å². The van der Waals surface area contributed by atoms with Gasteiger partial charge in [-0.25, -0.2) is 4.79 Å². The van der Waals surface area contributed by atoms with E-state index in [1.165, 1.54) is 0 Å². The van der Waals surface area contributed by atoms with E-state index in [2.05, 4.69) is 5.32 Å². The van der Waals surface area contributed by atoms with E-state index in [-0.39, 0.29) is 12.5 Å². The van der Waals surface area contributed by atoms with Crippen molar-refractivity contribution in [1.29, 1.82) is 0 Å². The van der Waals surface area contributed by atoms with Crippen LogP contribution in [0.5, 0.6) is 0 Å². The Hall–Kier alpha value is -1.30. The molecule has 1 fully saturated rings. The van der Waals surface area contributed by atoms with Gasteiger partial charge in [-0.3, -0.25) is 4.79 Å². The summed E-state index contributed by atoms with van der Waals surface area (Å²) in [6, 6.07) is -0.489. The Labute approximate surface area is 114 Å². The van der Waals surface area contributed by atoms with Gasteiger partial charge in [0.05, 0.1) is 12.6 Å². The lowest BCUT2D eigenvalue weighted by Crippen LogP contribution is -2.49. The Morgan fingerprint density at radius 3 is 2.68 bits per heavy atom. The summed E-state index contributed by atoms with van der Waals surface area (Å²) in [4.78, 5) is 24.9. The molecule has 2 amide bonds. The van der Waals surface area contributed by atoms with E-state index in [0.29, 0.717) is 19.5 Å². The van der Waals surface area contributed by atoms with E-state index in [1.807, 2.05) is 0 Å². The molecule has 1 aliphatic rings. The van der Waals surface area contributed by atoms with Crippen molar-refractivity contribution in [1.82, 2.24) is 10.2 Å². The first-order valence-corrected chi connectivity index (χ1v) is 6.70. The van der Waals surface area contributed by atoms with Crippen molar-refractivity contribution in [3.05, 3.63) is 0 Å². The lowest BCUT2D eigenvalue weighted by atomic mass is 10.1. The molecule has 110 valence electrons. The SMILES string of the molecule is CC(C)(C)OC(=O)NC(CO)CN1CCCCC1=O. The minimum Gasteiger partial charge on any atom is -0.444 e. The standard InChI is InChI=1S/C13H24N2O4/c1-13(2,3)19-12(18)14-10(9-16)8-15-7-5-4-6-11(15)17/h10,16H,4-9H2,1-3H3,(H,14,18). The Bertz CT molecular complexity index is 325. The van der Waals surface area contributed by atoms with Gasteiger partial charge in [-0.15, -0.1) is 0 Å². The number of ether oxygens (including phenoxy) is 1. The molecule has 6 heteroatoms. The highest BCUT2D eigenvalue weighted by atomic mass is 16.6. The van der Waals surface area contributed by atoms with Crippen molar-refractivity contribution in [2.75, 3.05) is 19.7 Å². The lowest BCUT2D eigenvalue weighted by molar-refractivity contribution is -0.133. The summed E-state index contributed by atoms with van der Waals surface area (Å²) in [5.41, 5.74) is -0.578. The number of amides is 2. The van der Waals surface area contributed by atoms with Crippen LogP contribution in [0.2, 0.25) is 0 Å². The van der Waals surface area contributed by atoms with Gasteiger partial charge in [0, 0.05) is 19.5 Å². The first-order chi connectivity index (χ1) is 8.81. The molecule has 0 aromatic carbocycles. The average Bonchev–Trinajstić information content (AvgIpc) is 2.28. The maximum absolute atomic E-state index is 11.7. The molecule has 0 aromatic rings. The zero-order chi connectivity index (χ0) is 14.5. The van der Waals surface area contributed by atoms with Crippen LogP contribution in [0.1, 0.15) is 40.0 Å². The summed E-state index contributed by atoms with van der Waals surface area (Å²) in [6.45, 7) is 6.11. The van der Waals surface area contributed by atoms with E-state index in [0.717, 1.165) is 12.8 Å². The maximum Gasteiger partial charge on any atom is 0.408 e. The van der Waals surface area contributed by atoms with E-state index in [4.69, 9.17) is 4.74 Å². The van der Waals surface area contributed by atoms with E-state index in [9.17, 15) is 14.7 Å². The predicted octanol–water partition coefficient (Wildman–Crippen LogP) is 0.884. The summed E-state index contributed by atoms with van der Waals surface area (Å²) < 4.78 is 5.12. The van der Waals surface area contributed by atoms with Gasteiger partial charge in [-0.2, -0.15) is 0 Å². The Kier molecular flexibility index (Phi) is 5.60. The van der Waals surface area contributed by atoms with Crippen LogP contribution < -0.4 is 5.32 Å². The molecule has 0 aliphatic carbocycles. The second kappa shape index (κ2) is 6.75. The number of aliphatic hydroxyl groups is 1. The maximum atomic E-state index is 11.7. The molecule has 1 aliphatic heterocycles. The first-order valence-electron chi connectivity index (χ1n) is 6.70. The van der Waals surface area contributed by atoms with Crippen molar-refractivity contribution in [3.63, 3.8) is 0 Å². The van der Waals surface area contributed by atoms with Gasteiger partial charge in [0.2, 0.25) is 5.91 Å². The van der Waals surface area contributed by atoms with Gasteiger partial charge in [0.25, 0.3) is 0 Å². The highest BCUT2D eigenvalue weighted by molar-refractivity contribution is 5.77. The molecule has 1 heterocycles. The molecule has 1 unspecified atom stereocenters. The molecular formula is C13H24N2O4. The molecule has 0 radical (unpaired) electrons. The van der Waals surface area contributed by atoms with Crippen molar-refractivity contribution in [2.24, 2.45) is 0 Å². The van der Waals surface area contributed by atoms with E-state index >= 15 is 0 Å². The fraction of sp³-hybridized carbons (Fsp3) is 0.846. The number of nitrogens with one attached hydrogen (secondary N) is 1. The number of carbonyl (C=O) groups is 2. The van der Waals surface area contributed by atoms with Crippen molar-refractivity contribution >= 4 is 12.0 Å². The highest BCUT2D eigenvalue weighted by Gasteiger charge is 2.24. The molecule has 19 heavy (non-hydrogen) atoms. The molecule has 6 nitrogen and oxygen atoms in total. The van der Waals surface area contributed by atoms with Gasteiger partial charge in [0.1, 0.15) is 5.60 Å². The third-order valence-corrected chi connectivity index (χ3v) is 2.80. The number of aliphatic hydroxyl groups excluding tert-OH is 1. The number of hydrogen-bond acceptors (Lipinski definition) is 4. The Balaban J connectivity index is 2.44. The second-order valence-corrected chi connectivity index (χ2v) is 5.82. The van der Waals surface area contributed by atoms with Crippen LogP contribution in [0.25, 0.3) is 0 Å². The number of rotatable bonds is 4. The number of piperidine rings is 1. The molecule has 0 bridgehead atoms. The molecule has 1 saturated heterocycles. The van der Waals surface area contributed by atoms with Crippen LogP contribution in [0, 0.1) is 0 Å². The van der Waals surface area contributed by atoms with Crippen LogP contribution in [-0.2, 0) is 9.53 Å². The van der Waals surface area contributed by atoms with Gasteiger partial charge in [-0.05, 0) is 33.6 Å². The fourth-order valence-corrected chi connectivity index (χ4v) is 1.94. The number of likely N-dealkylation sites (tertiary alicyclic amines) is 1. The summed E-state index contributed by atoms with van der Waals surface area (Å²) >= 11 is 0. The highest BCUT2D eigenvalue weighted by Crippen LogP contribution is 2.11. The molecule has 2 N–H and O–H groups in total. The van der Waals surface area contributed by atoms with E-state index in [1.54, 1.807) is 25.7 Å². The minimum atomic E-state index is -0.578. The number of alkyl carbamates (subject to hydrolysis) is 1. The van der Waals surface area contributed by atoms with Gasteiger partial charge in [0.15, 0.2) is 0 Å². The Morgan fingerprint density at radius 1 is 1.47 bits per heavy atom. The van der Waals surface area contributed by atoms with Gasteiger partial charge >= 0.3 is 6.09 Å². The third kappa shape index (κ3) is 5.92. The summed E-state index contributed by atoms with van der Waals surface area (Å²) in [5.74, 6) is 0.0793. The van der Waals surface area contributed by atoms with Crippen molar-refractivity contribution in [2.45, 2.75) is 51.7 Å². The Morgan fingerprint density at radius 2 is 2.16 bits per heavy atom. The average molecular weight is 272 g/mol. The summed E-state index contributed by atoms with van der Waals surface area (Å²) in [7, 11) is 0. The monoisotopic (exact) mass is 272 g/mol. The number of carbonyl (C=O) groups excluding carboxylic acids is 2. The van der Waals surface area contributed by atoms with Crippen molar-refractivity contribution < 1.29 is 19.4 Å². The first kappa shape index (κ1) is 15.8. The molecule has 1 rings (SSSR count).